The predicted molar refractivity (Wildman–Crippen MR) is 89.3 cm³/mol. The van der Waals surface area contributed by atoms with E-state index in [4.69, 9.17) is 15.3 Å². The average molecular weight is 317 g/mol. The lowest BCUT2D eigenvalue weighted by atomic mass is 9.96. The Hall–Kier alpha value is -3.56. The molecule has 1 N–H and O–H groups in total. The zero-order valence-corrected chi connectivity index (χ0v) is 13.6. The van der Waals surface area contributed by atoms with Crippen LogP contribution in [0.5, 0.6) is 0 Å². The summed E-state index contributed by atoms with van der Waals surface area (Å²) >= 11 is 0. The van der Waals surface area contributed by atoms with Crippen LogP contribution in [0.2, 0.25) is 0 Å². The molecule has 0 aliphatic carbocycles. The van der Waals surface area contributed by atoms with Gasteiger partial charge in [-0.15, -0.1) is 0 Å². The van der Waals surface area contributed by atoms with Gasteiger partial charge in [0, 0.05) is 5.57 Å². The van der Waals surface area contributed by atoms with E-state index in [2.05, 4.69) is 10.5 Å². The van der Waals surface area contributed by atoms with Gasteiger partial charge in [0.05, 0.1) is 11.9 Å². The van der Waals surface area contributed by atoms with Crippen LogP contribution in [0.15, 0.2) is 51.8 Å². The number of allylic oxidation sites excluding steroid dienone is 2. The third-order valence-corrected chi connectivity index (χ3v) is 3.50. The number of anilines is 1. The van der Waals surface area contributed by atoms with Crippen LogP contribution in [0.25, 0.3) is 0 Å². The molecule has 1 aliphatic heterocycles. The minimum absolute atomic E-state index is 0.00397. The molecular formula is C18H15N5O. The van der Waals surface area contributed by atoms with Gasteiger partial charge in [0.2, 0.25) is 0 Å². The molecule has 0 bridgehead atoms. The molecule has 1 aliphatic rings. The number of rotatable bonds is 3. The van der Waals surface area contributed by atoms with Crippen molar-refractivity contribution in [3.8, 4) is 18.2 Å². The molecule has 0 saturated heterocycles. The van der Waals surface area contributed by atoms with Gasteiger partial charge in [0.25, 0.3) is 0 Å². The van der Waals surface area contributed by atoms with Crippen LogP contribution < -0.4 is 5.43 Å². The number of hydrogen-bond acceptors (Lipinski definition) is 6. The maximum atomic E-state index is 9.40. The summed E-state index contributed by atoms with van der Waals surface area (Å²) in [4.78, 5) is 0. The number of nitrogens with zero attached hydrogens (tertiary/aromatic N) is 4. The first kappa shape index (κ1) is 16.8. The highest BCUT2D eigenvalue weighted by atomic mass is 16.5. The summed E-state index contributed by atoms with van der Waals surface area (Å²) in [5.41, 5.74) is 4.38. The van der Waals surface area contributed by atoms with Gasteiger partial charge < -0.3 is 4.74 Å². The number of ether oxygens (including phenoxy) is 1. The van der Waals surface area contributed by atoms with Crippen molar-refractivity contribution in [2.75, 3.05) is 5.43 Å². The van der Waals surface area contributed by atoms with Crippen LogP contribution in [0, 0.1) is 40.9 Å². The average Bonchev–Trinajstić information content (AvgIpc) is 2.81. The highest BCUT2D eigenvalue weighted by Crippen LogP contribution is 2.38. The summed E-state index contributed by atoms with van der Waals surface area (Å²) < 4.78 is 5.65. The zero-order valence-electron chi connectivity index (χ0n) is 13.6. The van der Waals surface area contributed by atoms with Gasteiger partial charge in [-0.1, -0.05) is 17.7 Å². The van der Waals surface area contributed by atoms with Crippen LogP contribution in [-0.4, -0.2) is 11.8 Å². The van der Waals surface area contributed by atoms with Crippen LogP contribution in [0.1, 0.15) is 19.4 Å². The molecule has 0 radical (unpaired) electrons. The number of hydrazone groups is 1. The van der Waals surface area contributed by atoms with Crippen molar-refractivity contribution in [1.82, 2.24) is 0 Å². The third-order valence-electron chi connectivity index (χ3n) is 3.50. The van der Waals surface area contributed by atoms with Gasteiger partial charge in [-0.3, -0.25) is 5.43 Å². The Morgan fingerprint density at radius 2 is 1.79 bits per heavy atom. The summed E-state index contributed by atoms with van der Waals surface area (Å²) in [6, 6.07) is 13.2. The second-order valence-corrected chi connectivity index (χ2v) is 5.68. The van der Waals surface area contributed by atoms with Crippen molar-refractivity contribution in [2.45, 2.75) is 26.4 Å². The van der Waals surface area contributed by atoms with Crippen molar-refractivity contribution in [2.24, 2.45) is 5.10 Å². The maximum absolute atomic E-state index is 9.40. The smallest absolute Gasteiger partial charge is 0.172 e. The molecule has 1 aromatic rings. The molecule has 1 heterocycles. The molecule has 0 amide bonds. The third kappa shape index (κ3) is 3.27. The fourth-order valence-corrected chi connectivity index (χ4v) is 2.22. The van der Waals surface area contributed by atoms with Crippen molar-refractivity contribution in [3.63, 3.8) is 0 Å². The van der Waals surface area contributed by atoms with E-state index in [9.17, 15) is 5.26 Å². The van der Waals surface area contributed by atoms with Crippen LogP contribution >= 0.6 is 0 Å². The standard InChI is InChI=1S/C18H15N5O/c1-12-4-6-14(7-5-12)23-22-11-16-15(10-21)17(13(8-19)9-20)24-18(16,2)3/h4-7,11,23H,1-3H3/b22-11+. The molecule has 2 rings (SSSR count). The lowest BCUT2D eigenvalue weighted by Gasteiger charge is -2.20. The maximum Gasteiger partial charge on any atom is 0.172 e. The zero-order chi connectivity index (χ0) is 17.7. The van der Waals surface area contributed by atoms with E-state index < -0.39 is 5.60 Å². The van der Waals surface area contributed by atoms with Gasteiger partial charge in [0.15, 0.2) is 11.3 Å². The fourth-order valence-electron chi connectivity index (χ4n) is 2.22. The largest absolute Gasteiger partial charge is 0.479 e. The summed E-state index contributed by atoms with van der Waals surface area (Å²) in [6.45, 7) is 5.49. The Kier molecular flexibility index (Phi) is 4.68. The first-order chi connectivity index (χ1) is 11.4. The van der Waals surface area contributed by atoms with Crippen molar-refractivity contribution >= 4 is 11.9 Å². The first-order valence-electron chi connectivity index (χ1n) is 7.17. The Labute approximate surface area is 140 Å². The number of nitriles is 3. The van der Waals surface area contributed by atoms with E-state index in [1.165, 1.54) is 6.21 Å². The number of nitrogens with one attached hydrogen (secondary N) is 1. The normalized spacial score (nSPS) is 15.4. The monoisotopic (exact) mass is 317 g/mol. The molecule has 118 valence electrons. The SMILES string of the molecule is Cc1ccc(N/N=C/C2=C(C#N)C(=C(C#N)C#N)OC2(C)C)cc1. The molecule has 0 fully saturated rings. The molecule has 6 heteroatoms. The predicted octanol–water partition coefficient (Wildman–Crippen LogP) is 3.32. The fraction of sp³-hybridized carbons (Fsp3) is 0.222. The minimum Gasteiger partial charge on any atom is -0.479 e. The molecule has 24 heavy (non-hydrogen) atoms. The summed E-state index contributed by atoms with van der Waals surface area (Å²) in [5, 5.41) is 31.6. The Bertz CT molecular complexity index is 852. The van der Waals surface area contributed by atoms with Gasteiger partial charge in [0.1, 0.15) is 29.4 Å². The Morgan fingerprint density at radius 1 is 1.17 bits per heavy atom. The molecule has 1 aromatic carbocycles. The molecule has 6 nitrogen and oxygen atoms in total. The Balaban J connectivity index is 2.37. The minimum atomic E-state index is -0.863. The second kappa shape index (κ2) is 6.69. The van der Waals surface area contributed by atoms with Crippen LogP contribution in [-0.2, 0) is 4.74 Å². The van der Waals surface area contributed by atoms with E-state index in [0.29, 0.717) is 5.57 Å². The van der Waals surface area contributed by atoms with Crippen LogP contribution in [0.3, 0.4) is 0 Å². The topological polar surface area (TPSA) is 105 Å². The van der Waals surface area contributed by atoms with Gasteiger partial charge >= 0.3 is 0 Å². The molecular weight excluding hydrogens is 302 g/mol. The number of hydrogen-bond donors (Lipinski definition) is 1. The molecule has 0 saturated carbocycles. The summed E-state index contributed by atoms with van der Waals surface area (Å²) in [6.07, 6.45) is 1.48. The van der Waals surface area contributed by atoms with Crippen molar-refractivity contribution < 1.29 is 4.74 Å². The van der Waals surface area contributed by atoms with E-state index in [1.54, 1.807) is 26.0 Å². The van der Waals surface area contributed by atoms with Crippen molar-refractivity contribution in [3.05, 3.63) is 52.3 Å². The quantitative estimate of drug-likeness (QED) is 0.523. The summed E-state index contributed by atoms with van der Waals surface area (Å²) in [5.74, 6) is 0.00397. The van der Waals surface area contributed by atoms with Gasteiger partial charge in [-0.25, -0.2) is 0 Å². The number of aryl methyl sites for hydroxylation is 1. The van der Waals surface area contributed by atoms with Crippen LogP contribution in [0.4, 0.5) is 5.69 Å². The first-order valence-corrected chi connectivity index (χ1v) is 7.17. The lowest BCUT2D eigenvalue weighted by molar-refractivity contribution is 0.0974. The second-order valence-electron chi connectivity index (χ2n) is 5.68. The molecule has 0 aromatic heterocycles. The Morgan fingerprint density at radius 3 is 2.33 bits per heavy atom. The van der Waals surface area contributed by atoms with Crippen molar-refractivity contribution in [1.29, 1.82) is 15.8 Å². The van der Waals surface area contributed by atoms with Gasteiger partial charge in [-0.2, -0.15) is 20.9 Å². The highest BCUT2D eigenvalue weighted by molar-refractivity contribution is 5.87. The van der Waals surface area contributed by atoms with E-state index in [1.807, 2.05) is 37.3 Å². The van der Waals surface area contributed by atoms with E-state index in [-0.39, 0.29) is 16.9 Å². The molecule has 0 spiro atoms. The summed E-state index contributed by atoms with van der Waals surface area (Å²) in [7, 11) is 0. The van der Waals surface area contributed by atoms with E-state index in [0.717, 1.165) is 11.3 Å². The van der Waals surface area contributed by atoms with Gasteiger partial charge in [-0.05, 0) is 32.9 Å². The highest BCUT2D eigenvalue weighted by Gasteiger charge is 2.39. The number of benzene rings is 1. The van der Waals surface area contributed by atoms with E-state index >= 15 is 0 Å². The molecule has 0 atom stereocenters. The molecule has 0 unspecified atom stereocenters. The lowest BCUT2D eigenvalue weighted by Crippen LogP contribution is -2.22.